The maximum Gasteiger partial charge on any atom is 0.241 e. The van der Waals surface area contributed by atoms with Gasteiger partial charge in [0.15, 0.2) is 0 Å². The van der Waals surface area contributed by atoms with Crippen LogP contribution < -0.4 is 0 Å². The van der Waals surface area contributed by atoms with Crippen LogP contribution in [0, 0.1) is 0 Å². The van der Waals surface area contributed by atoms with Crippen molar-refractivity contribution in [2.75, 3.05) is 39.3 Å². The molecule has 0 spiro atoms. The molecule has 0 amide bonds. The monoisotopic (exact) mass is 234 g/mol. The number of aliphatic hydroxyl groups excluding tert-OH is 1. The molecule has 0 radical (unpaired) electrons. The van der Waals surface area contributed by atoms with E-state index in [1.165, 1.54) is 0 Å². The van der Waals surface area contributed by atoms with Crippen molar-refractivity contribution in [2.24, 2.45) is 0 Å². The molecule has 1 rings (SSSR count). The molecule has 0 aromatic rings. The van der Waals surface area contributed by atoms with Crippen LogP contribution in [0.15, 0.2) is 0 Å². The first kappa shape index (κ1) is 12.9. The highest BCUT2D eigenvalue weighted by molar-refractivity contribution is 6.65. The fraction of sp³-hybridized carbons (Fsp3) is 0.900. The maximum atomic E-state index is 11.2. The number of carbonyl (C=O) groups excluding carboxylic acids is 1. The molecule has 15 heavy (non-hydrogen) atoms. The number of piperazine rings is 1. The fourth-order valence-corrected chi connectivity index (χ4v) is 1.92. The number of hydrogen-bond donors (Lipinski definition) is 1. The van der Waals surface area contributed by atoms with Gasteiger partial charge in [-0.2, -0.15) is 0 Å². The SMILES string of the molecule is CC(C)(C(=O)Cl)N1CCN(CCO)CC1. The Morgan fingerprint density at radius 2 is 1.87 bits per heavy atom. The van der Waals surface area contributed by atoms with Gasteiger partial charge in [-0.25, -0.2) is 0 Å². The van der Waals surface area contributed by atoms with E-state index in [0.717, 1.165) is 26.2 Å². The lowest BCUT2D eigenvalue weighted by atomic mass is 10.0. The van der Waals surface area contributed by atoms with Crippen LogP contribution in [0.2, 0.25) is 0 Å². The maximum absolute atomic E-state index is 11.2. The van der Waals surface area contributed by atoms with Gasteiger partial charge in [0.05, 0.1) is 12.1 Å². The molecule has 0 saturated carbocycles. The standard InChI is InChI=1S/C10H19ClN2O2/c1-10(2,9(11)15)13-5-3-12(4-6-13)7-8-14/h14H,3-8H2,1-2H3. The predicted octanol–water partition coefficient (Wildman–Crippen LogP) is 0.140. The van der Waals surface area contributed by atoms with Gasteiger partial charge >= 0.3 is 0 Å². The number of carbonyl (C=O) groups is 1. The van der Waals surface area contributed by atoms with Crippen LogP contribution in [0.5, 0.6) is 0 Å². The zero-order chi connectivity index (χ0) is 11.5. The number of nitrogens with zero attached hydrogens (tertiary/aromatic N) is 2. The van der Waals surface area contributed by atoms with Crippen LogP contribution in [0.1, 0.15) is 13.8 Å². The lowest BCUT2D eigenvalue weighted by Gasteiger charge is -2.41. The number of hydrogen-bond acceptors (Lipinski definition) is 4. The number of β-amino-alcohol motifs (C(OH)–C–C–N with tert-alkyl or cyclic N) is 1. The third kappa shape index (κ3) is 3.14. The Hall–Kier alpha value is -0.160. The Labute approximate surface area is 95.8 Å². The largest absolute Gasteiger partial charge is 0.395 e. The first-order valence-corrected chi connectivity index (χ1v) is 5.64. The second-order valence-corrected chi connectivity index (χ2v) is 4.73. The predicted molar refractivity (Wildman–Crippen MR) is 60.0 cm³/mol. The van der Waals surface area contributed by atoms with E-state index in [4.69, 9.17) is 16.7 Å². The van der Waals surface area contributed by atoms with Crippen LogP contribution in [0.3, 0.4) is 0 Å². The van der Waals surface area contributed by atoms with E-state index >= 15 is 0 Å². The Kier molecular flexibility index (Phi) is 4.52. The Morgan fingerprint density at radius 3 is 2.27 bits per heavy atom. The van der Waals surface area contributed by atoms with Crippen molar-refractivity contribution in [3.63, 3.8) is 0 Å². The molecule has 1 heterocycles. The lowest BCUT2D eigenvalue weighted by Crippen LogP contribution is -2.57. The van der Waals surface area contributed by atoms with Gasteiger partial charge in [-0.15, -0.1) is 0 Å². The van der Waals surface area contributed by atoms with E-state index in [9.17, 15) is 4.79 Å². The van der Waals surface area contributed by atoms with Gasteiger partial charge in [-0.1, -0.05) is 0 Å². The molecule has 1 aliphatic rings. The molecule has 1 saturated heterocycles. The van der Waals surface area contributed by atoms with Crippen molar-refractivity contribution < 1.29 is 9.90 Å². The van der Waals surface area contributed by atoms with Gasteiger partial charge in [0, 0.05) is 32.7 Å². The third-order valence-electron chi connectivity index (χ3n) is 3.06. The average molecular weight is 235 g/mol. The summed E-state index contributed by atoms with van der Waals surface area (Å²) in [6.45, 7) is 8.02. The van der Waals surface area contributed by atoms with Crippen LogP contribution >= 0.6 is 11.6 Å². The van der Waals surface area contributed by atoms with Gasteiger partial charge in [-0.05, 0) is 25.4 Å². The van der Waals surface area contributed by atoms with E-state index in [1.54, 1.807) is 0 Å². The van der Waals surface area contributed by atoms with Crippen LogP contribution in [0.25, 0.3) is 0 Å². The van der Waals surface area contributed by atoms with Crippen LogP contribution in [0.4, 0.5) is 0 Å². The van der Waals surface area contributed by atoms with Crippen molar-refractivity contribution in [1.29, 1.82) is 0 Å². The van der Waals surface area contributed by atoms with E-state index in [2.05, 4.69) is 9.80 Å². The zero-order valence-corrected chi connectivity index (χ0v) is 10.1. The quantitative estimate of drug-likeness (QED) is 0.703. The summed E-state index contributed by atoms with van der Waals surface area (Å²) in [4.78, 5) is 15.5. The van der Waals surface area contributed by atoms with Crippen molar-refractivity contribution >= 4 is 16.8 Å². The molecule has 0 aromatic carbocycles. The highest BCUT2D eigenvalue weighted by Crippen LogP contribution is 2.19. The molecule has 0 bridgehead atoms. The minimum atomic E-state index is -0.577. The average Bonchev–Trinajstić information content (AvgIpc) is 2.19. The zero-order valence-electron chi connectivity index (χ0n) is 9.37. The Balaban J connectivity index is 2.46. The normalized spacial score (nSPS) is 20.5. The molecule has 1 aliphatic heterocycles. The summed E-state index contributed by atoms with van der Waals surface area (Å²) in [7, 11) is 0. The van der Waals surface area contributed by atoms with E-state index in [-0.39, 0.29) is 11.8 Å². The number of rotatable bonds is 4. The van der Waals surface area contributed by atoms with Gasteiger partial charge in [-0.3, -0.25) is 14.6 Å². The van der Waals surface area contributed by atoms with Crippen LogP contribution in [-0.4, -0.2) is 65.0 Å². The molecule has 4 nitrogen and oxygen atoms in total. The summed E-state index contributed by atoms with van der Waals surface area (Å²) in [5, 5.41) is 8.49. The summed E-state index contributed by atoms with van der Waals surface area (Å²) < 4.78 is 0. The van der Waals surface area contributed by atoms with Gasteiger partial charge in [0.1, 0.15) is 0 Å². The van der Waals surface area contributed by atoms with Crippen LogP contribution in [-0.2, 0) is 4.79 Å². The summed E-state index contributed by atoms with van der Waals surface area (Å²) in [5.74, 6) is 0. The first-order chi connectivity index (χ1) is 6.98. The minimum absolute atomic E-state index is 0.192. The fourth-order valence-electron chi connectivity index (χ4n) is 1.80. The van der Waals surface area contributed by atoms with Crippen molar-refractivity contribution in [3.8, 4) is 0 Å². The van der Waals surface area contributed by atoms with Gasteiger partial charge in [0.2, 0.25) is 5.24 Å². The molecule has 0 aliphatic carbocycles. The summed E-state index contributed by atoms with van der Waals surface area (Å²) in [6, 6.07) is 0. The smallest absolute Gasteiger partial charge is 0.241 e. The second-order valence-electron chi connectivity index (χ2n) is 4.39. The number of halogens is 1. The Morgan fingerprint density at radius 1 is 1.33 bits per heavy atom. The molecule has 1 fully saturated rings. The van der Waals surface area contributed by atoms with Gasteiger partial charge < -0.3 is 5.11 Å². The molecule has 5 heteroatoms. The third-order valence-corrected chi connectivity index (χ3v) is 3.52. The topological polar surface area (TPSA) is 43.8 Å². The molecule has 0 aromatic heterocycles. The summed E-state index contributed by atoms with van der Waals surface area (Å²) in [6.07, 6.45) is 0. The van der Waals surface area contributed by atoms with E-state index < -0.39 is 5.54 Å². The molecule has 1 N–H and O–H groups in total. The van der Waals surface area contributed by atoms with E-state index in [0.29, 0.717) is 6.54 Å². The summed E-state index contributed by atoms with van der Waals surface area (Å²) in [5.41, 5.74) is -0.577. The molecular weight excluding hydrogens is 216 g/mol. The number of aliphatic hydroxyl groups is 1. The lowest BCUT2D eigenvalue weighted by molar-refractivity contribution is -0.122. The Bertz CT molecular complexity index is 225. The second kappa shape index (κ2) is 5.25. The molecule has 0 atom stereocenters. The van der Waals surface area contributed by atoms with E-state index in [1.807, 2.05) is 13.8 Å². The van der Waals surface area contributed by atoms with Crippen molar-refractivity contribution in [3.05, 3.63) is 0 Å². The van der Waals surface area contributed by atoms with Gasteiger partial charge in [0.25, 0.3) is 0 Å². The van der Waals surface area contributed by atoms with Crippen molar-refractivity contribution in [2.45, 2.75) is 19.4 Å². The minimum Gasteiger partial charge on any atom is -0.395 e. The highest BCUT2D eigenvalue weighted by atomic mass is 35.5. The molecule has 0 unspecified atom stereocenters. The molecule has 88 valence electrons. The summed E-state index contributed by atoms with van der Waals surface area (Å²) >= 11 is 5.57. The van der Waals surface area contributed by atoms with Crippen molar-refractivity contribution in [1.82, 2.24) is 9.80 Å². The first-order valence-electron chi connectivity index (χ1n) is 5.26. The highest BCUT2D eigenvalue weighted by Gasteiger charge is 2.34. The molecular formula is C10H19ClN2O2.